The minimum absolute atomic E-state index is 0.266. The Hall–Kier alpha value is -3.05. The van der Waals surface area contributed by atoms with Crippen LogP contribution in [0.4, 0.5) is 0 Å². The summed E-state index contributed by atoms with van der Waals surface area (Å²) in [5.41, 5.74) is 1.93. The van der Waals surface area contributed by atoms with E-state index in [-0.39, 0.29) is 5.69 Å². The molecule has 3 rings (SSSR count). The topological polar surface area (TPSA) is 60.3 Å². The molecule has 0 saturated heterocycles. The molecule has 0 bridgehead atoms. The summed E-state index contributed by atoms with van der Waals surface area (Å²) < 4.78 is 6.80. The van der Waals surface area contributed by atoms with Gasteiger partial charge in [-0.05, 0) is 48.4 Å². The van der Waals surface area contributed by atoms with Gasteiger partial charge in [-0.15, -0.1) is 0 Å². The number of ether oxygens (including phenoxy) is 1. The molecular formula is C21H19ClN2O3. The zero-order valence-electron chi connectivity index (χ0n) is 14.8. The van der Waals surface area contributed by atoms with Crippen LogP contribution in [0.2, 0.25) is 5.02 Å². The van der Waals surface area contributed by atoms with E-state index in [9.17, 15) is 9.59 Å². The Kier molecular flexibility index (Phi) is 5.94. The standard InChI is InChI=1S/C21H19ClN2O3/c1-27-16-7-4-6-15(14-16)11-12-23-21(26)20(25)19-10-5-13-24(19)18-9-3-2-8-17(18)22/h2-10,13-14H,11-12H2,1H3,(H,23,26). The zero-order chi connectivity index (χ0) is 19.2. The lowest BCUT2D eigenvalue weighted by Crippen LogP contribution is -2.33. The van der Waals surface area contributed by atoms with Crippen LogP contribution in [0.15, 0.2) is 66.9 Å². The van der Waals surface area contributed by atoms with Crippen molar-refractivity contribution in [3.63, 3.8) is 0 Å². The summed E-state index contributed by atoms with van der Waals surface area (Å²) in [6.45, 7) is 0.352. The lowest BCUT2D eigenvalue weighted by Gasteiger charge is -2.10. The van der Waals surface area contributed by atoms with E-state index < -0.39 is 11.7 Å². The number of methoxy groups -OCH3 is 1. The van der Waals surface area contributed by atoms with Gasteiger partial charge in [0.05, 0.1) is 23.5 Å². The molecule has 27 heavy (non-hydrogen) atoms. The molecule has 1 aromatic heterocycles. The molecule has 0 fully saturated rings. The third-order valence-corrected chi connectivity index (χ3v) is 4.45. The molecule has 5 nitrogen and oxygen atoms in total. The number of benzene rings is 2. The van der Waals surface area contributed by atoms with E-state index in [0.717, 1.165) is 11.3 Å². The van der Waals surface area contributed by atoms with Crippen LogP contribution in [0.1, 0.15) is 16.1 Å². The van der Waals surface area contributed by atoms with E-state index in [0.29, 0.717) is 23.7 Å². The van der Waals surface area contributed by atoms with Gasteiger partial charge in [0.25, 0.3) is 11.7 Å². The first-order chi connectivity index (χ1) is 13.1. The quantitative estimate of drug-likeness (QED) is 0.501. The Labute approximate surface area is 162 Å². The molecule has 0 atom stereocenters. The molecule has 0 saturated carbocycles. The number of para-hydroxylation sites is 1. The second-order valence-corrected chi connectivity index (χ2v) is 6.31. The van der Waals surface area contributed by atoms with Gasteiger partial charge in [-0.2, -0.15) is 0 Å². The second kappa shape index (κ2) is 8.56. The fourth-order valence-corrected chi connectivity index (χ4v) is 2.99. The number of nitrogens with one attached hydrogen (secondary N) is 1. The third-order valence-electron chi connectivity index (χ3n) is 4.13. The van der Waals surface area contributed by atoms with Gasteiger partial charge in [0.15, 0.2) is 0 Å². The van der Waals surface area contributed by atoms with Crippen molar-refractivity contribution in [3.8, 4) is 11.4 Å². The van der Waals surface area contributed by atoms with Gasteiger partial charge in [0.1, 0.15) is 5.75 Å². The van der Waals surface area contributed by atoms with Crippen molar-refractivity contribution in [1.29, 1.82) is 0 Å². The molecule has 0 aliphatic heterocycles. The first-order valence-corrected chi connectivity index (χ1v) is 8.85. The lowest BCUT2D eigenvalue weighted by atomic mass is 10.1. The van der Waals surface area contributed by atoms with Crippen LogP contribution in [-0.4, -0.2) is 29.9 Å². The molecule has 1 N–H and O–H groups in total. The van der Waals surface area contributed by atoms with E-state index in [1.807, 2.05) is 36.4 Å². The van der Waals surface area contributed by atoms with Crippen LogP contribution in [0.3, 0.4) is 0 Å². The van der Waals surface area contributed by atoms with Crippen molar-refractivity contribution in [2.24, 2.45) is 0 Å². The Morgan fingerprint density at radius 2 is 1.89 bits per heavy atom. The number of nitrogens with zero attached hydrogens (tertiary/aromatic N) is 1. The maximum Gasteiger partial charge on any atom is 0.294 e. The molecule has 0 aliphatic rings. The van der Waals surface area contributed by atoms with Gasteiger partial charge in [-0.25, -0.2) is 0 Å². The molecule has 138 valence electrons. The molecule has 1 heterocycles. The zero-order valence-corrected chi connectivity index (χ0v) is 15.6. The minimum atomic E-state index is -0.648. The summed E-state index contributed by atoms with van der Waals surface area (Å²) in [6, 6.07) is 18.1. The van der Waals surface area contributed by atoms with Crippen LogP contribution in [-0.2, 0) is 11.2 Å². The summed E-state index contributed by atoms with van der Waals surface area (Å²) in [5.74, 6) is -0.497. The molecule has 0 radical (unpaired) electrons. The van der Waals surface area contributed by atoms with Gasteiger partial charge in [0.2, 0.25) is 0 Å². The number of carbonyl (C=O) groups excluding carboxylic acids is 2. The van der Waals surface area contributed by atoms with E-state index >= 15 is 0 Å². The van der Waals surface area contributed by atoms with E-state index in [1.54, 1.807) is 42.1 Å². The summed E-state index contributed by atoms with van der Waals surface area (Å²) in [5, 5.41) is 3.18. The number of ketones is 1. The summed E-state index contributed by atoms with van der Waals surface area (Å²) >= 11 is 6.21. The van der Waals surface area contributed by atoms with Gasteiger partial charge in [-0.1, -0.05) is 35.9 Å². The number of Topliss-reactive ketones (excluding diaryl/α,β-unsaturated/α-hetero) is 1. The van der Waals surface area contributed by atoms with Crippen molar-refractivity contribution in [3.05, 3.63) is 83.1 Å². The summed E-state index contributed by atoms with van der Waals surface area (Å²) in [7, 11) is 1.60. The number of halogens is 1. The molecule has 3 aromatic rings. The molecule has 0 aliphatic carbocycles. The van der Waals surface area contributed by atoms with E-state index in [4.69, 9.17) is 16.3 Å². The minimum Gasteiger partial charge on any atom is -0.497 e. The predicted octanol–water partition coefficient (Wildman–Crippen LogP) is 3.68. The van der Waals surface area contributed by atoms with Crippen LogP contribution in [0.5, 0.6) is 5.75 Å². The first-order valence-electron chi connectivity index (χ1n) is 8.48. The fraction of sp³-hybridized carbons (Fsp3) is 0.143. The highest BCUT2D eigenvalue weighted by Gasteiger charge is 2.20. The molecule has 6 heteroatoms. The molecule has 0 unspecified atom stereocenters. The Morgan fingerprint density at radius 1 is 1.07 bits per heavy atom. The SMILES string of the molecule is COc1cccc(CCNC(=O)C(=O)c2cccn2-c2ccccc2Cl)c1. The molecule has 1 amide bonds. The van der Waals surface area contributed by atoms with Crippen LogP contribution in [0, 0.1) is 0 Å². The number of hydrogen-bond acceptors (Lipinski definition) is 3. The maximum absolute atomic E-state index is 12.6. The Bertz CT molecular complexity index is 965. The number of hydrogen-bond donors (Lipinski definition) is 1. The predicted molar refractivity (Wildman–Crippen MR) is 105 cm³/mol. The Morgan fingerprint density at radius 3 is 2.67 bits per heavy atom. The molecular weight excluding hydrogens is 364 g/mol. The highest BCUT2D eigenvalue weighted by Crippen LogP contribution is 2.22. The average Bonchev–Trinajstić information content (AvgIpc) is 3.17. The number of aromatic nitrogens is 1. The van der Waals surface area contributed by atoms with Crippen molar-refractivity contribution >= 4 is 23.3 Å². The average molecular weight is 383 g/mol. The number of rotatable bonds is 7. The monoisotopic (exact) mass is 382 g/mol. The smallest absolute Gasteiger partial charge is 0.294 e. The number of carbonyl (C=O) groups is 2. The summed E-state index contributed by atoms with van der Waals surface area (Å²) in [6.07, 6.45) is 2.31. The lowest BCUT2D eigenvalue weighted by molar-refractivity contribution is -0.117. The molecule has 0 spiro atoms. The molecule has 2 aromatic carbocycles. The normalized spacial score (nSPS) is 10.4. The van der Waals surface area contributed by atoms with E-state index in [1.165, 1.54) is 0 Å². The highest BCUT2D eigenvalue weighted by molar-refractivity contribution is 6.42. The van der Waals surface area contributed by atoms with Crippen molar-refractivity contribution in [2.45, 2.75) is 6.42 Å². The van der Waals surface area contributed by atoms with E-state index in [2.05, 4.69) is 5.32 Å². The van der Waals surface area contributed by atoms with Gasteiger partial charge in [0, 0.05) is 12.7 Å². The van der Waals surface area contributed by atoms with Crippen LogP contribution < -0.4 is 10.1 Å². The highest BCUT2D eigenvalue weighted by atomic mass is 35.5. The second-order valence-electron chi connectivity index (χ2n) is 5.90. The number of amides is 1. The van der Waals surface area contributed by atoms with Crippen LogP contribution >= 0.6 is 11.6 Å². The van der Waals surface area contributed by atoms with Crippen LogP contribution in [0.25, 0.3) is 5.69 Å². The Balaban J connectivity index is 1.65. The third kappa shape index (κ3) is 4.38. The van der Waals surface area contributed by atoms with Crippen molar-refractivity contribution in [1.82, 2.24) is 9.88 Å². The van der Waals surface area contributed by atoms with Gasteiger partial charge >= 0.3 is 0 Å². The van der Waals surface area contributed by atoms with Crippen molar-refractivity contribution < 1.29 is 14.3 Å². The maximum atomic E-state index is 12.6. The first kappa shape index (κ1) is 18.7. The fourth-order valence-electron chi connectivity index (χ4n) is 2.77. The largest absolute Gasteiger partial charge is 0.497 e. The van der Waals surface area contributed by atoms with Gasteiger partial charge in [-0.3, -0.25) is 9.59 Å². The van der Waals surface area contributed by atoms with Crippen molar-refractivity contribution in [2.75, 3.05) is 13.7 Å². The summed E-state index contributed by atoms with van der Waals surface area (Å²) in [4.78, 5) is 24.8. The van der Waals surface area contributed by atoms with Gasteiger partial charge < -0.3 is 14.6 Å².